The molecule has 0 saturated heterocycles. The fourth-order valence-electron chi connectivity index (χ4n) is 2.25. The van der Waals surface area contributed by atoms with Gasteiger partial charge in [0.1, 0.15) is 11.5 Å². The van der Waals surface area contributed by atoms with Gasteiger partial charge in [-0.2, -0.15) is 8.78 Å². The Bertz CT molecular complexity index is 757. The number of guanidine groups is 1. The molecule has 2 aromatic carbocycles. The molecule has 0 unspecified atom stereocenters. The predicted molar refractivity (Wildman–Crippen MR) is 98.1 cm³/mol. The second kappa shape index (κ2) is 9.82. The highest BCUT2D eigenvalue weighted by atomic mass is 35.5. The monoisotopic (exact) mass is 383 g/mol. The maximum absolute atomic E-state index is 12.6. The Kier molecular flexibility index (Phi) is 7.47. The van der Waals surface area contributed by atoms with Gasteiger partial charge in [0.2, 0.25) is 0 Å². The second-order valence-electron chi connectivity index (χ2n) is 5.26. The molecule has 0 aliphatic carbocycles. The SMILES string of the molecule is CN=C(NCc1cccc(Cl)c1)NCc1ccc(OC)cc1OC(F)F. The third kappa shape index (κ3) is 6.07. The van der Waals surface area contributed by atoms with E-state index in [9.17, 15) is 8.78 Å². The number of benzene rings is 2. The zero-order valence-corrected chi connectivity index (χ0v) is 15.2. The molecule has 0 radical (unpaired) electrons. The van der Waals surface area contributed by atoms with Crippen molar-refractivity contribution in [3.05, 3.63) is 58.6 Å². The summed E-state index contributed by atoms with van der Waals surface area (Å²) in [6, 6.07) is 12.2. The van der Waals surface area contributed by atoms with E-state index in [1.54, 1.807) is 25.2 Å². The van der Waals surface area contributed by atoms with Crippen LogP contribution in [-0.4, -0.2) is 26.7 Å². The molecule has 0 aromatic heterocycles. The van der Waals surface area contributed by atoms with Crippen LogP contribution in [0.25, 0.3) is 0 Å². The van der Waals surface area contributed by atoms with Gasteiger partial charge in [-0.3, -0.25) is 4.99 Å². The normalized spacial score (nSPS) is 11.4. The quantitative estimate of drug-likeness (QED) is 0.564. The minimum Gasteiger partial charge on any atom is -0.497 e. The molecule has 0 spiro atoms. The first-order valence-corrected chi connectivity index (χ1v) is 8.20. The molecule has 140 valence electrons. The van der Waals surface area contributed by atoms with E-state index in [-0.39, 0.29) is 12.3 Å². The van der Waals surface area contributed by atoms with Crippen molar-refractivity contribution in [3.63, 3.8) is 0 Å². The lowest BCUT2D eigenvalue weighted by Crippen LogP contribution is -2.36. The van der Waals surface area contributed by atoms with Gasteiger partial charge in [0, 0.05) is 36.8 Å². The average Bonchev–Trinajstić information content (AvgIpc) is 2.62. The number of aliphatic imine (C=N–C) groups is 1. The Morgan fingerprint density at radius 3 is 2.58 bits per heavy atom. The number of hydrogen-bond acceptors (Lipinski definition) is 3. The molecule has 2 aromatic rings. The van der Waals surface area contributed by atoms with Gasteiger partial charge < -0.3 is 20.1 Å². The van der Waals surface area contributed by atoms with E-state index in [1.807, 2.05) is 18.2 Å². The molecule has 0 heterocycles. The van der Waals surface area contributed by atoms with Crippen molar-refractivity contribution in [1.82, 2.24) is 10.6 Å². The highest BCUT2D eigenvalue weighted by molar-refractivity contribution is 6.30. The Morgan fingerprint density at radius 1 is 1.15 bits per heavy atom. The smallest absolute Gasteiger partial charge is 0.387 e. The number of hydrogen-bond donors (Lipinski definition) is 2. The number of nitrogens with zero attached hydrogens (tertiary/aromatic N) is 1. The average molecular weight is 384 g/mol. The summed E-state index contributed by atoms with van der Waals surface area (Å²) in [5, 5.41) is 6.85. The standard InChI is InChI=1S/C18H20ClF2N3O2/c1-22-18(23-10-12-4-3-5-14(19)8-12)24-11-13-6-7-15(25-2)9-16(13)26-17(20)21/h3-9,17H,10-11H2,1-2H3,(H2,22,23,24). The molecule has 0 amide bonds. The summed E-state index contributed by atoms with van der Waals surface area (Å²) in [5.41, 5.74) is 1.54. The van der Waals surface area contributed by atoms with Crippen LogP contribution in [0, 0.1) is 0 Å². The van der Waals surface area contributed by atoms with E-state index in [1.165, 1.54) is 13.2 Å². The first kappa shape index (κ1) is 19.8. The summed E-state index contributed by atoms with van der Waals surface area (Å²) in [5.74, 6) is 1.01. The van der Waals surface area contributed by atoms with E-state index < -0.39 is 6.61 Å². The van der Waals surface area contributed by atoms with Gasteiger partial charge in [-0.25, -0.2) is 0 Å². The molecule has 8 heteroatoms. The van der Waals surface area contributed by atoms with E-state index in [0.29, 0.717) is 28.8 Å². The summed E-state index contributed by atoms with van der Waals surface area (Å²) >= 11 is 5.96. The summed E-state index contributed by atoms with van der Waals surface area (Å²) in [4.78, 5) is 4.11. The van der Waals surface area contributed by atoms with Crippen molar-refractivity contribution in [2.75, 3.05) is 14.2 Å². The number of rotatable bonds is 7. The minimum atomic E-state index is -2.92. The number of halogens is 3. The van der Waals surface area contributed by atoms with E-state index in [2.05, 4.69) is 20.4 Å². The molecule has 0 bridgehead atoms. The van der Waals surface area contributed by atoms with Gasteiger partial charge in [0.05, 0.1) is 7.11 Å². The van der Waals surface area contributed by atoms with Crippen molar-refractivity contribution in [1.29, 1.82) is 0 Å². The number of alkyl halides is 2. The minimum absolute atomic E-state index is 0.0529. The molecule has 0 saturated carbocycles. The topological polar surface area (TPSA) is 54.9 Å². The summed E-state index contributed by atoms with van der Waals surface area (Å²) < 4.78 is 34.8. The van der Waals surface area contributed by atoms with Crippen LogP contribution in [0.3, 0.4) is 0 Å². The Morgan fingerprint density at radius 2 is 1.92 bits per heavy atom. The zero-order valence-electron chi connectivity index (χ0n) is 14.4. The Balaban J connectivity index is 1.99. The number of nitrogens with one attached hydrogen (secondary N) is 2. The van der Waals surface area contributed by atoms with Gasteiger partial charge >= 0.3 is 6.61 Å². The summed E-state index contributed by atoms with van der Waals surface area (Å²) in [7, 11) is 3.08. The van der Waals surface area contributed by atoms with Crippen LogP contribution in [-0.2, 0) is 13.1 Å². The molecule has 26 heavy (non-hydrogen) atoms. The van der Waals surface area contributed by atoms with Crippen LogP contribution in [0.5, 0.6) is 11.5 Å². The largest absolute Gasteiger partial charge is 0.497 e. The molecular weight excluding hydrogens is 364 g/mol. The predicted octanol–water partition coefficient (Wildman–Crippen LogP) is 3.82. The van der Waals surface area contributed by atoms with Gasteiger partial charge in [-0.1, -0.05) is 23.7 Å². The molecule has 2 rings (SSSR count). The first-order chi connectivity index (χ1) is 12.5. The van der Waals surface area contributed by atoms with Crippen LogP contribution in [0.15, 0.2) is 47.5 Å². The van der Waals surface area contributed by atoms with Crippen molar-refractivity contribution in [2.24, 2.45) is 4.99 Å². The summed E-state index contributed by atoms with van der Waals surface area (Å²) in [6.07, 6.45) is 0. The van der Waals surface area contributed by atoms with Crippen molar-refractivity contribution < 1.29 is 18.3 Å². The van der Waals surface area contributed by atoms with Crippen LogP contribution in [0.1, 0.15) is 11.1 Å². The van der Waals surface area contributed by atoms with Gasteiger partial charge in [0.15, 0.2) is 5.96 Å². The lowest BCUT2D eigenvalue weighted by atomic mass is 10.2. The number of methoxy groups -OCH3 is 1. The van der Waals surface area contributed by atoms with Gasteiger partial charge in [-0.15, -0.1) is 0 Å². The van der Waals surface area contributed by atoms with Crippen LogP contribution >= 0.6 is 11.6 Å². The highest BCUT2D eigenvalue weighted by Crippen LogP contribution is 2.26. The maximum atomic E-state index is 12.6. The third-order valence-corrected chi connectivity index (χ3v) is 3.74. The van der Waals surface area contributed by atoms with Crippen molar-refractivity contribution in [3.8, 4) is 11.5 Å². The van der Waals surface area contributed by atoms with Crippen LogP contribution in [0.2, 0.25) is 5.02 Å². The lowest BCUT2D eigenvalue weighted by molar-refractivity contribution is -0.0505. The molecule has 0 aliphatic heterocycles. The third-order valence-electron chi connectivity index (χ3n) is 3.51. The molecule has 5 nitrogen and oxygen atoms in total. The molecule has 0 aliphatic rings. The highest BCUT2D eigenvalue weighted by Gasteiger charge is 2.12. The summed E-state index contributed by atoms with van der Waals surface area (Å²) in [6.45, 7) is -2.15. The fraction of sp³-hybridized carbons (Fsp3) is 0.278. The molecule has 0 fully saturated rings. The van der Waals surface area contributed by atoms with E-state index in [4.69, 9.17) is 16.3 Å². The molecular formula is C18H20ClF2N3O2. The lowest BCUT2D eigenvalue weighted by Gasteiger charge is -2.15. The zero-order chi connectivity index (χ0) is 18.9. The number of ether oxygens (including phenoxy) is 2. The Labute approximate surface area is 156 Å². The molecule has 0 atom stereocenters. The van der Waals surface area contributed by atoms with Crippen LogP contribution in [0.4, 0.5) is 8.78 Å². The van der Waals surface area contributed by atoms with Gasteiger partial charge in [-0.05, 0) is 29.8 Å². The van der Waals surface area contributed by atoms with Crippen molar-refractivity contribution in [2.45, 2.75) is 19.7 Å². The van der Waals surface area contributed by atoms with Crippen molar-refractivity contribution >= 4 is 17.6 Å². The molecule has 2 N–H and O–H groups in total. The van der Waals surface area contributed by atoms with E-state index >= 15 is 0 Å². The van der Waals surface area contributed by atoms with E-state index in [0.717, 1.165) is 5.56 Å². The van der Waals surface area contributed by atoms with Gasteiger partial charge in [0.25, 0.3) is 0 Å². The maximum Gasteiger partial charge on any atom is 0.387 e. The first-order valence-electron chi connectivity index (χ1n) is 7.82. The van der Waals surface area contributed by atoms with Crippen LogP contribution < -0.4 is 20.1 Å². The second-order valence-corrected chi connectivity index (χ2v) is 5.70. The Hall–Kier alpha value is -2.54. The fourth-order valence-corrected chi connectivity index (χ4v) is 2.46.